The number of nitrogens with zero attached hydrogens (tertiary/aromatic N) is 2. The zero-order valence-corrected chi connectivity index (χ0v) is 11.9. The number of esters is 1. The van der Waals surface area contributed by atoms with Crippen molar-refractivity contribution in [2.24, 2.45) is 0 Å². The predicted molar refractivity (Wildman–Crippen MR) is 70.6 cm³/mol. The van der Waals surface area contributed by atoms with Crippen molar-refractivity contribution in [1.29, 1.82) is 0 Å². The summed E-state index contributed by atoms with van der Waals surface area (Å²) in [7, 11) is 0. The van der Waals surface area contributed by atoms with Gasteiger partial charge in [0.15, 0.2) is 0 Å². The molecule has 1 saturated heterocycles. The van der Waals surface area contributed by atoms with Gasteiger partial charge in [0.25, 0.3) is 6.23 Å². The largest absolute Gasteiger partial charge is 0.462 e. The van der Waals surface area contributed by atoms with Gasteiger partial charge in [0.1, 0.15) is 17.2 Å². The molecule has 1 atom stereocenters. The minimum Gasteiger partial charge on any atom is -0.462 e. The Morgan fingerprint density at radius 3 is 2.60 bits per heavy atom. The Hall–Kier alpha value is -1.69. The molecule has 0 bridgehead atoms. The molecule has 0 amide bonds. The highest BCUT2D eigenvalue weighted by Crippen LogP contribution is 2.20. The third kappa shape index (κ3) is 3.90. The second kappa shape index (κ2) is 5.75. The highest BCUT2D eigenvalue weighted by molar-refractivity contribution is 5.75. The molecule has 0 radical (unpaired) electrons. The van der Waals surface area contributed by atoms with Gasteiger partial charge in [0.2, 0.25) is 0 Å². The standard InChI is InChI=1S/C14H19FN2O3/c1-14(2,3)20-13(18)12(17-5-4-6-17)19-11-7-10(15)8-16-9-11/h7-9,12H,4-6H2,1-3H3. The van der Waals surface area contributed by atoms with Crippen LogP contribution in [-0.2, 0) is 9.53 Å². The fraction of sp³-hybridized carbons (Fsp3) is 0.571. The summed E-state index contributed by atoms with van der Waals surface area (Å²) in [5.74, 6) is -0.761. The van der Waals surface area contributed by atoms with Crippen LogP contribution in [-0.4, -0.2) is 40.8 Å². The van der Waals surface area contributed by atoms with E-state index in [2.05, 4.69) is 4.98 Å². The molecule has 1 unspecified atom stereocenters. The van der Waals surface area contributed by atoms with E-state index >= 15 is 0 Å². The van der Waals surface area contributed by atoms with E-state index in [0.717, 1.165) is 25.7 Å². The van der Waals surface area contributed by atoms with Crippen molar-refractivity contribution >= 4 is 5.97 Å². The monoisotopic (exact) mass is 282 g/mol. The second-order valence-electron chi connectivity index (χ2n) is 5.73. The summed E-state index contributed by atoms with van der Waals surface area (Å²) in [5.41, 5.74) is -0.594. The molecular weight excluding hydrogens is 263 g/mol. The van der Waals surface area contributed by atoms with Crippen LogP contribution in [0.2, 0.25) is 0 Å². The molecule has 0 N–H and O–H groups in total. The van der Waals surface area contributed by atoms with Crippen LogP contribution in [0.1, 0.15) is 27.2 Å². The lowest BCUT2D eigenvalue weighted by atomic mass is 10.2. The van der Waals surface area contributed by atoms with Gasteiger partial charge in [-0.25, -0.2) is 9.18 Å². The van der Waals surface area contributed by atoms with Gasteiger partial charge < -0.3 is 9.47 Å². The molecule has 0 saturated carbocycles. The average Bonchev–Trinajstić information content (AvgIpc) is 2.23. The lowest BCUT2D eigenvalue weighted by Crippen LogP contribution is -2.53. The van der Waals surface area contributed by atoms with Crippen LogP contribution in [0.25, 0.3) is 0 Å². The van der Waals surface area contributed by atoms with Gasteiger partial charge in [-0.05, 0) is 27.2 Å². The molecule has 2 heterocycles. The van der Waals surface area contributed by atoms with E-state index in [-0.39, 0.29) is 5.75 Å². The molecule has 1 aliphatic rings. The Labute approximate surface area is 117 Å². The Bertz CT molecular complexity index is 484. The first-order valence-corrected chi connectivity index (χ1v) is 6.59. The number of aromatic nitrogens is 1. The maximum absolute atomic E-state index is 13.1. The topological polar surface area (TPSA) is 51.7 Å². The number of carbonyl (C=O) groups is 1. The SMILES string of the molecule is CC(C)(C)OC(=O)C(Oc1cncc(F)c1)N1CCC1. The molecule has 6 heteroatoms. The number of carbonyl (C=O) groups excluding carboxylic acids is 1. The lowest BCUT2D eigenvalue weighted by molar-refractivity contribution is -0.176. The number of hydrogen-bond acceptors (Lipinski definition) is 5. The first-order chi connectivity index (χ1) is 9.35. The summed E-state index contributed by atoms with van der Waals surface area (Å²) in [5, 5.41) is 0. The number of ether oxygens (including phenoxy) is 2. The highest BCUT2D eigenvalue weighted by atomic mass is 19.1. The summed E-state index contributed by atoms with van der Waals surface area (Å²) in [4.78, 5) is 17.7. The van der Waals surface area contributed by atoms with Gasteiger partial charge in [0.05, 0.1) is 12.4 Å². The van der Waals surface area contributed by atoms with Crippen LogP contribution in [0.5, 0.6) is 5.75 Å². The first-order valence-electron chi connectivity index (χ1n) is 6.59. The minimum absolute atomic E-state index is 0.216. The van der Waals surface area contributed by atoms with E-state index < -0.39 is 23.6 Å². The smallest absolute Gasteiger partial charge is 0.363 e. The fourth-order valence-corrected chi connectivity index (χ4v) is 1.78. The molecular formula is C14H19FN2O3. The van der Waals surface area contributed by atoms with Gasteiger partial charge in [-0.15, -0.1) is 0 Å². The van der Waals surface area contributed by atoms with E-state index in [1.54, 1.807) is 20.8 Å². The average molecular weight is 282 g/mol. The summed E-state index contributed by atoms with van der Waals surface area (Å²) in [6.07, 6.45) is 2.61. The molecule has 5 nitrogen and oxygen atoms in total. The second-order valence-corrected chi connectivity index (χ2v) is 5.73. The minimum atomic E-state index is -0.855. The van der Waals surface area contributed by atoms with Crippen molar-refractivity contribution in [1.82, 2.24) is 9.88 Å². The van der Waals surface area contributed by atoms with Gasteiger partial charge in [-0.3, -0.25) is 9.88 Å². The summed E-state index contributed by atoms with van der Waals surface area (Å²) in [6.45, 7) is 6.89. The van der Waals surface area contributed by atoms with E-state index in [4.69, 9.17) is 9.47 Å². The number of rotatable bonds is 4. The van der Waals surface area contributed by atoms with Crippen molar-refractivity contribution in [2.75, 3.05) is 13.1 Å². The first kappa shape index (κ1) is 14.7. The van der Waals surface area contributed by atoms with Crippen LogP contribution in [0.15, 0.2) is 18.5 Å². The Morgan fingerprint density at radius 2 is 2.10 bits per heavy atom. The maximum Gasteiger partial charge on any atom is 0.363 e. The summed E-state index contributed by atoms with van der Waals surface area (Å²) < 4.78 is 24.0. The van der Waals surface area contributed by atoms with E-state index in [1.807, 2.05) is 4.90 Å². The quantitative estimate of drug-likeness (QED) is 0.790. The number of halogens is 1. The van der Waals surface area contributed by atoms with E-state index in [0.29, 0.717) is 0 Å². The lowest BCUT2D eigenvalue weighted by Gasteiger charge is -2.37. The molecule has 2 rings (SSSR count). The Kier molecular flexibility index (Phi) is 4.23. The van der Waals surface area contributed by atoms with Crippen LogP contribution < -0.4 is 4.74 Å². The fourth-order valence-electron chi connectivity index (χ4n) is 1.78. The Morgan fingerprint density at radius 1 is 1.40 bits per heavy atom. The Balaban J connectivity index is 2.09. The molecule has 1 aromatic heterocycles. The van der Waals surface area contributed by atoms with Gasteiger partial charge >= 0.3 is 5.97 Å². The molecule has 0 aliphatic carbocycles. The van der Waals surface area contributed by atoms with Crippen LogP contribution in [0.4, 0.5) is 4.39 Å². The van der Waals surface area contributed by atoms with Crippen molar-refractivity contribution < 1.29 is 18.7 Å². The predicted octanol–water partition coefficient (Wildman–Crippen LogP) is 1.97. The molecule has 0 aromatic carbocycles. The van der Waals surface area contributed by atoms with E-state index in [1.165, 1.54) is 12.3 Å². The normalized spacial score (nSPS) is 17.2. The molecule has 0 spiro atoms. The van der Waals surface area contributed by atoms with Gasteiger partial charge in [0, 0.05) is 19.2 Å². The molecule has 110 valence electrons. The molecule has 1 aliphatic heterocycles. The third-order valence-corrected chi connectivity index (χ3v) is 2.76. The van der Waals surface area contributed by atoms with E-state index in [9.17, 15) is 9.18 Å². The van der Waals surface area contributed by atoms with Crippen LogP contribution >= 0.6 is 0 Å². The zero-order valence-electron chi connectivity index (χ0n) is 11.9. The van der Waals surface area contributed by atoms with Gasteiger partial charge in [-0.2, -0.15) is 0 Å². The third-order valence-electron chi connectivity index (χ3n) is 2.76. The number of likely N-dealkylation sites (tertiary alicyclic amines) is 1. The molecule has 20 heavy (non-hydrogen) atoms. The van der Waals surface area contributed by atoms with Gasteiger partial charge in [-0.1, -0.05) is 0 Å². The van der Waals surface area contributed by atoms with Crippen molar-refractivity contribution in [3.8, 4) is 5.75 Å². The van der Waals surface area contributed by atoms with Crippen molar-refractivity contribution in [3.05, 3.63) is 24.3 Å². The van der Waals surface area contributed by atoms with Crippen molar-refractivity contribution in [3.63, 3.8) is 0 Å². The molecule has 1 aromatic rings. The zero-order chi connectivity index (χ0) is 14.8. The summed E-state index contributed by atoms with van der Waals surface area (Å²) in [6, 6.07) is 1.20. The number of hydrogen-bond donors (Lipinski definition) is 0. The summed E-state index contributed by atoms with van der Waals surface area (Å²) >= 11 is 0. The molecule has 1 fully saturated rings. The number of pyridine rings is 1. The maximum atomic E-state index is 13.1. The highest BCUT2D eigenvalue weighted by Gasteiger charge is 2.35. The van der Waals surface area contributed by atoms with Crippen molar-refractivity contribution in [2.45, 2.75) is 39.0 Å². The van der Waals surface area contributed by atoms with Crippen LogP contribution in [0, 0.1) is 5.82 Å². The van der Waals surface area contributed by atoms with Crippen LogP contribution in [0.3, 0.4) is 0 Å².